The van der Waals surface area contributed by atoms with Crippen molar-refractivity contribution >= 4 is 59.0 Å². The highest BCUT2D eigenvalue weighted by molar-refractivity contribution is 5.98. The summed E-state index contributed by atoms with van der Waals surface area (Å²) in [5, 5.41) is 43.1. The van der Waals surface area contributed by atoms with Gasteiger partial charge in [-0.25, -0.2) is 4.79 Å². The maximum atomic E-state index is 14.8. The zero-order valence-electron chi connectivity index (χ0n) is 71.0. The van der Waals surface area contributed by atoms with Crippen LogP contribution in [-0.2, 0) is 92.3 Å². The Kier molecular flexibility index (Phi) is 45.8. The van der Waals surface area contributed by atoms with E-state index in [1.165, 1.54) is 39.4 Å². The van der Waals surface area contributed by atoms with Crippen LogP contribution in [0.4, 0.5) is 10.5 Å². The van der Waals surface area contributed by atoms with Crippen LogP contribution < -0.4 is 31.9 Å². The molecule has 5 rings (SSSR count). The summed E-state index contributed by atoms with van der Waals surface area (Å²) in [6.07, 6.45) is -0.115. The van der Waals surface area contributed by atoms with Crippen LogP contribution in [0.25, 0.3) is 11.4 Å². The van der Waals surface area contributed by atoms with Gasteiger partial charge in [-0.05, 0) is 85.8 Å². The standard InChI is InChI=1S/C83H129N13O21/c1-16-57(8)73(67(107-14)51-69(98)96-34-20-23-66(96)75(108-15)58(9)77(100)87-59(10)74(99)62-21-18-17-19-22-62)94(12)82(105)71(55(4)5)91-81(104)72(56(6)7)95(13)83(106)117-52-61-24-30-65(31-25-61)89-78(101)60(11)88-80(103)70(54(2)3)90-68(97)32-35-109-37-39-111-41-43-113-45-47-115-49-50-116-48-46-114-44-42-112-40-38-110-36-33-84-79(102)64-28-26-63(27-29-64)76-92-85-53-86-93-76/h17-19,21-22,24-31,53-60,66-67,70-75,99H,16,20,23,32-52H2,1-15H3,(H,84,102)(H,87,100)(H,88,103)(H,89,101)(H,90,97)(H,91,104)/t57-,58+,59+,60-,66-,67+,70-,71-,72-,73-,74+,75+/m0/s1. The maximum absolute atomic E-state index is 14.8. The maximum Gasteiger partial charge on any atom is 0.410 e. The van der Waals surface area contributed by atoms with E-state index in [0.717, 1.165) is 0 Å². The first kappa shape index (κ1) is 98.8. The van der Waals surface area contributed by atoms with Crippen molar-refractivity contribution in [3.63, 3.8) is 0 Å². The van der Waals surface area contributed by atoms with E-state index >= 15 is 0 Å². The number of methoxy groups -OCH3 is 2. The normalized spacial score (nSPS) is 15.7. The largest absolute Gasteiger partial charge is 0.445 e. The number of likely N-dealkylation sites (tertiary alicyclic amines) is 1. The number of carbonyl (C=O) groups is 9. The van der Waals surface area contributed by atoms with Crippen molar-refractivity contribution in [1.29, 1.82) is 0 Å². The Balaban J connectivity index is 0.910. The number of aromatic nitrogens is 4. The third kappa shape index (κ3) is 34.2. The summed E-state index contributed by atoms with van der Waals surface area (Å²) in [6.45, 7) is 25.9. The van der Waals surface area contributed by atoms with E-state index in [0.29, 0.717) is 152 Å². The number of amides is 9. The van der Waals surface area contributed by atoms with Crippen molar-refractivity contribution in [1.82, 2.24) is 61.7 Å². The molecular weight excluding hydrogens is 1510 g/mol. The Hall–Kier alpha value is -8.81. The van der Waals surface area contributed by atoms with Crippen molar-refractivity contribution in [3.05, 3.63) is 102 Å². The summed E-state index contributed by atoms with van der Waals surface area (Å²) >= 11 is 0. The van der Waals surface area contributed by atoms with Gasteiger partial charge in [-0.2, -0.15) is 0 Å². The number of anilines is 1. The van der Waals surface area contributed by atoms with Crippen LogP contribution in [0, 0.1) is 29.6 Å². The van der Waals surface area contributed by atoms with Crippen molar-refractivity contribution in [3.8, 4) is 11.4 Å². The Morgan fingerprint density at radius 1 is 0.573 bits per heavy atom. The molecule has 12 atom stereocenters. The summed E-state index contributed by atoms with van der Waals surface area (Å²) in [5.41, 5.74) is 2.83. The molecule has 2 heterocycles. The molecule has 1 saturated heterocycles. The molecule has 1 fully saturated rings. The number of ether oxygens (including phenoxy) is 11. The molecule has 0 unspecified atom stereocenters. The van der Waals surface area contributed by atoms with Gasteiger partial charge in [-0.15, -0.1) is 20.4 Å². The van der Waals surface area contributed by atoms with E-state index < -0.39 is 114 Å². The molecule has 652 valence electrons. The number of likely N-dealkylation sites (N-methyl/N-ethyl adjacent to an activating group) is 2. The zero-order chi connectivity index (χ0) is 85.8. The minimum atomic E-state index is -1.07. The lowest BCUT2D eigenvalue weighted by atomic mass is 9.89. The van der Waals surface area contributed by atoms with Crippen LogP contribution in [0.2, 0.25) is 0 Å². The SMILES string of the molecule is CC[C@H](C)[C@@H]([C@@H](CC(=O)N1CCC[C@H]1[C@H](OC)[C@@H](C)C(=O)N[C@H](C)[C@@H](O)c1ccccc1)OC)N(C)C(=O)[C@@H](NC(=O)[C@H](C(C)C)N(C)C(=O)OCc1ccc(NC(=O)[C@H](C)NC(=O)[C@@H](NC(=O)CCOCCOCCOCCOCCOCCOCCOCCOCCNC(=O)c2ccc(-c3nncnn3)cc2)C(C)C)cc1)C(C)C. The predicted octanol–water partition coefficient (Wildman–Crippen LogP) is 5.36. The van der Waals surface area contributed by atoms with Gasteiger partial charge in [0.1, 0.15) is 30.8 Å². The van der Waals surface area contributed by atoms with Crippen LogP contribution >= 0.6 is 0 Å². The summed E-state index contributed by atoms with van der Waals surface area (Å²) in [5.74, 6) is -4.87. The van der Waals surface area contributed by atoms with Crippen LogP contribution in [0.15, 0.2) is 85.2 Å². The molecule has 0 radical (unpaired) electrons. The molecule has 0 aliphatic carbocycles. The molecule has 34 heteroatoms. The lowest BCUT2D eigenvalue weighted by Gasteiger charge is -2.41. The highest BCUT2D eigenvalue weighted by Crippen LogP contribution is 2.31. The van der Waals surface area contributed by atoms with Crippen molar-refractivity contribution in [2.75, 3.05) is 152 Å². The lowest BCUT2D eigenvalue weighted by molar-refractivity contribution is -0.148. The fourth-order valence-corrected chi connectivity index (χ4v) is 13.3. The van der Waals surface area contributed by atoms with Crippen molar-refractivity contribution in [2.24, 2.45) is 29.6 Å². The first-order chi connectivity index (χ1) is 56.1. The summed E-state index contributed by atoms with van der Waals surface area (Å²) in [6, 6.07) is 16.7. The number of rotatable bonds is 57. The second-order valence-corrected chi connectivity index (χ2v) is 29.9. The van der Waals surface area contributed by atoms with Crippen LogP contribution in [0.3, 0.4) is 0 Å². The summed E-state index contributed by atoms with van der Waals surface area (Å²) in [4.78, 5) is 128. The van der Waals surface area contributed by atoms with E-state index in [1.54, 1.807) is 119 Å². The van der Waals surface area contributed by atoms with Crippen LogP contribution in [-0.4, -0.2) is 295 Å². The minimum absolute atomic E-state index is 0.0126. The molecular formula is C83H129N13O21. The molecule has 1 aliphatic rings. The summed E-state index contributed by atoms with van der Waals surface area (Å²) in [7, 11) is 6.12. The Bertz CT molecular complexity index is 3580. The van der Waals surface area contributed by atoms with E-state index in [2.05, 4.69) is 52.3 Å². The molecule has 1 aromatic heterocycles. The van der Waals surface area contributed by atoms with Crippen molar-refractivity contribution < 1.29 is 100 Å². The third-order valence-corrected chi connectivity index (χ3v) is 20.1. The van der Waals surface area contributed by atoms with Gasteiger partial charge in [-0.1, -0.05) is 123 Å². The quantitative estimate of drug-likeness (QED) is 0.0273. The molecule has 3 aromatic carbocycles. The Morgan fingerprint density at radius 3 is 1.62 bits per heavy atom. The molecule has 0 bridgehead atoms. The third-order valence-electron chi connectivity index (χ3n) is 20.1. The van der Waals surface area contributed by atoms with Crippen LogP contribution in [0.1, 0.15) is 136 Å². The van der Waals surface area contributed by atoms with E-state index in [4.69, 9.17) is 52.1 Å². The monoisotopic (exact) mass is 1640 g/mol. The smallest absolute Gasteiger partial charge is 0.410 e. The minimum Gasteiger partial charge on any atom is -0.445 e. The van der Waals surface area contributed by atoms with Crippen LogP contribution in [0.5, 0.6) is 0 Å². The first-order valence-electron chi connectivity index (χ1n) is 40.5. The Labute approximate surface area is 688 Å². The number of carbonyl (C=O) groups excluding carboxylic acids is 9. The van der Waals surface area contributed by atoms with Gasteiger partial charge in [-0.3, -0.25) is 43.3 Å². The summed E-state index contributed by atoms with van der Waals surface area (Å²) < 4.78 is 62.1. The number of hydrogen-bond acceptors (Lipinski definition) is 25. The average Bonchev–Trinajstić information content (AvgIpc) is 1.79. The van der Waals surface area contributed by atoms with Crippen molar-refractivity contribution in [2.45, 2.75) is 175 Å². The van der Waals surface area contributed by atoms with Gasteiger partial charge < -0.3 is 98.9 Å². The van der Waals surface area contributed by atoms with E-state index in [1.807, 2.05) is 45.9 Å². The molecule has 0 saturated carbocycles. The first-order valence-corrected chi connectivity index (χ1v) is 40.5. The fraction of sp³-hybridized carbons (Fsp3) is 0.651. The number of nitrogens with one attached hydrogen (secondary N) is 6. The fourth-order valence-electron chi connectivity index (χ4n) is 13.3. The second kappa shape index (κ2) is 54.3. The number of hydrogen-bond donors (Lipinski definition) is 7. The Morgan fingerprint density at radius 2 is 1.11 bits per heavy atom. The molecule has 0 spiro atoms. The predicted molar refractivity (Wildman–Crippen MR) is 434 cm³/mol. The lowest BCUT2D eigenvalue weighted by Crippen LogP contribution is -2.60. The van der Waals surface area contributed by atoms with E-state index in [9.17, 15) is 48.3 Å². The molecule has 34 nitrogen and oxygen atoms in total. The molecule has 117 heavy (non-hydrogen) atoms. The average molecular weight is 1650 g/mol. The molecule has 1 aliphatic heterocycles. The van der Waals surface area contributed by atoms with Gasteiger partial charge in [0.25, 0.3) is 5.91 Å². The zero-order valence-corrected chi connectivity index (χ0v) is 71.0. The van der Waals surface area contributed by atoms with Gasteiger partial charge in [0, 0.05) is 64.6 Å². The highest BCUT2D eigenvalue weighted by Gasteiger charge is 2.44. The van der Waals surface area contributed by atoms with Gasteiger partial charge in [0.15, 0.2) is 6.33 Å². The topological polar surface area (TPSA) is 409 Å². The second-order valence-electron chi connectivity index (χ2n) is 29.9. The number of nitrogens with zero attached hydrogens (tertiary/aromatic N) is 7. The van der Waals surface area contributed by atoms with E-state index in [-0.39, 0.29) is 68.8 Å². The number of benzene rings is 3. The highest BCUT2D eigenvalue weighted by atomic mass is 16.6. The van der Waals surface area contributed by atoms with Gasteiger partial charge in [0.2, 0.25) is 47.2 Å². The molecule has 7 N–H and O–H groups in total. The number of aliphatic hydroxyl groups is 1. The van der Waals surface area contributed by atoms with Gasteiger partial charge >= 0.3 is 6.09 Å². The molecule has 9 amide bonds. The number of aliphatic hydroxyl groups excluding tert-OH is 1. The van der Waals surface area contributed by atoms with Gasteiger partial charge in [0.05, 0.1) is 154 Å². The molecule has 4 aromatic rings.